The molecule has 0 radical (unpaired) electrons. The maximum absolute atomic E-state index is 12.4. The second kappa shape index (κ2) is 5.10. The predicted molar refractivity (Wildman–Crippen MR) is 59.3 cm³/mol. The third kappa shape index (κ3) is 2.90. The van der Waals surface area contributed by atoms with Crippen molar-refractivity contribution in [1.82, 2.24) is 0 Å². The number of hydrogen-bond donors (Lipinski definition) is 0. The largest absolute Gasteiger partial charge is 0.416 e. The van der Waals surface area contributed by atoms with Gasteiger partial charge >= 0.3 is 6.18 Å². The molecule has 5 heteroatoms. The molecule has 18 heavy (non-hydrogen) atoms. The average molecular weight is 258 g/mol. The Morgan fingerprint density at radius 2 is 1.89 bits per heavy atom. The van der Waals surface area contributed by atoms with E-state index in [9.17, 15) is 18.0 Å². The monoisotopic (exact) mass is 258 g/mol. The van der Waals surface area contributed by atoms with Crippen molar-refractivity contribution in [3.05, 3.63) is 35.4 Å². The molecule has 2 rings (SSSR count). The summed E-state index contributed by atoms with van der Waals surface area (Å²) in [6.45, 7) is 1.01. The summed E-state index contributed by atoms with van der Waals surface area (Å²) in [7, 11) is 0. The summed E-state index contributed by atoms with van der Waals surface area (Å²) in [5.41, 5.74) is -0.419. The molecular formula is C13H13F3O2. The third-order valence-corrected chi connectivity index (χ3v) is 3.03. The Morgan fingerprint density at radius 3 is 2.39 bits per heavy atom. The summed E-state index contributed by atoms with van der Waals surface area (Å²) in [5, 5.41) is 0. The van der Waals surface area contributed by atoms with Gasteiger partial charge in [-0.05, 0) is 25.0 Å². The van der Waals surface area contributed by atoms with Crippen molar-refractivity contribution in [3.8, 4) is 0 Å². The van der Waals surface area contributed by atoms with Crippen molar-refractivity contribution < 1.29 is 22.7 Å². The van der Waals surface area contributed by atoms with Crippen molar-refractivity contribution in [3.63, 3.8) is 0 Å². The highest BCUT2D eigenvalue weighted by atomic mass is 19.4. The van der Waals surface area contributed by atoms with Crippen LogP contribution in [0.1, 0.15) is 28.8 Å². The molecule has 98 valence electrons. The van der Waals surface area contributed by atoms with Crippen molar-refractivity contribution in [2.24, 2.45) is 5.92 Å². The van der Waals surface area contributed by atoms with Gasteiger partial charge in [0.25, 0.3) is 0 Å². The Hall–Kier alpha value is -1.36. The van der Waals surface area contributed by atoms with E-state index >= 15 is 0 Å². The molecule has 1 fully saturated rings. The zero-order chi connectivity index (χ0) is 13.2. The lowest BCUT2D eigenvalue weighted by Gasteiger charge is -2.20. The zero-order valence-electron chi connectivity index (χ0n) is 9.67. The van der Waals surface area contributed by atoms with Crippen molar-refractivity contribution in [1.29, 1.82) is 0 Å². The van der Waals surface area contributed by atoms with Crippen LogP contribution in [-0.2, 0) is 10.9 Å². The molecule has 1 atom stereocenters. The minimum Gasteiger partial charge on any atom is -0.381 e. The summed E-state index contributed by atoms with van der Waals surface area (Å²) in [6.07, 6.45) is -2.81. The van der Waals surface area contributed by atoms with E-state index < -0.39 is 11.7 Å². The SMILES string of the molecule is O=C(c1ccc(C(F)(F)F)cc1)C1CCCOC1. The van der Waals surface area contributed by atoms with E-state index in [1.54, 1.807) is 0 Å². The van der Waals surface area contributed by atoms with E-state index in [-0.39, 0.29) is 11.7 Å². The highest BCUT2D eigenvalue weighted by Crippen LogP contribution is 2.29. The fourth-order valence-corrected chi connectivity index (χ4v) is 2.01. The first-order valence-electron chi connectivity index (χ1n) is 5.77. The third-order valence-electron chi connectivity index (χ3n) is 3.03. The van der Waals surface area contributed by atoms with Crippen LogP contribution in [0.15, 0.2) is 24.3 Å². The molecule has 1 aromatic rings. The van der Waals surface area contributed by atoms with Gasteiger partial charge in [0.05, 0.1) is 12.2 Å². The number of carbonyl (C=O) groups is 1. The van der Waals surface area contributed by atoms with Crippen LogP contribution in [0.25, 0.3) is 0 Å². The minimum absolute atomic E-state index is 0.136. The van der Waals surface area contributed by atoms with Crippen LogP contribution in [0, 0.1) is 5.92 Å². The molecule has 1 heterocycles. The molecule has 1 aromatic carbocycles. The van der Waals surface area contributed by atoms with Crippen LogP contribution in [0.2, 0.25) is 0 Å². The fourth-order valence-electron chi connectivity index (χ4n) is 2.01. The number of carbonyl (C=O) groups excluding carboxylic acids is 1. The Labute approximate surface area is 103 Å². The normalized spacial score (nSPS) is 20.7. The second-order valence-electron chi connectivity index (χ2n) is 4.35. The second-order valence-corrected chi connectivity index (χ2v) is 4.35. The smallest absolute Gasteiger partial charge is 0.381 e. The minimum atomic E-state index is -4.37. The van der Waals surface area contributed by atoms with Gasteiger partial charge in [-0.1, -0.05) is 12.1 Å². The summed E-state index contributed by atoms with van der Waals surface area (Å²) in [5.74, 6) is -0.362. The maximum atomic E-state index is 12.4. The molecule has 0 amide bonds. The number of halogens is 3. The Balaban J connectivity index is 2.11. The molecule has 1 aliphatic heterocycles. The van der Waals surface area contributed by atoms with Crippen LogP contribution >= 0.6 is 0 Å². The van der Waals surface area contributed by atoms with E-state index in [2.05, 4.69) is 0 Å². The zero-order valence-corrected chi connectivity index (χ0v) is 9.67. The first-order chi connectivity index (χ1) is 8.48. The highest BCUT2D eigenvalue weighted by molar-refractivity contribution is 5.98. The van der Waals surface area contributed by atoms with Crippen LogP contribution in [0.5, 0.6) is 0 Å². The Morgan fingerprint density at radius 1 is 1.22 bits per heavy atom. The van der Waals surface area contributed by atoms with Gasteiger partial charge in [-0.3, -0.25) is 4.79 Å². The maximum Gasteiger partial charge on any atom is 0.416 e. The lowest BCUT2D eigenvalue weighted by atomic mass is 9.92. The summed E-state index contributed by atoms with van der Waals surface area (Å²) in [6, 6.07) is 4.35. The van der Waals surface area contributed by atoms with Crippen LogP contribution in [0.3, 0.4) is 0 Å². The molecule has 0 N–H and O–H groups in total. The quantitative estimate of drug-likeness (QED) is 0.761. The number of ether oxygens (including phenoxy) is 1. The van der Waals surface area contributed by atoms with Crippen LogP contribution in [-0.4, -0.2) is 19.0 Å². The highest BCUT2D eigenvalue weighted by Gasteiger charge is 2.30. The molecule has 1 aliphatic rings. The number of rotatable bonds is 2. The molecule has 1 saturated heterocycles. The van der Waals surface area contributed by atoms with E-state index in [0.717, 1.165) is 25.0 Å². The Bertz CT molecular complexity index is 417. The van der Waals surface area contributed by atoms with Gasteiger partial charge in [0.15, 0.2) is 5.78 Å². The molecular weight excluding hydrogens is 245 g/mol. The van der Waals surface area contributed by atoms with Gasteiger partial charge in [-0.25, -0.2) is 0 Å². The van der Waals surface area contributed by atoms with Crippen LogP contribution in [0.4, 0.5) is 13.2 Å². The van der Waals surface area contributed by atoms with Crippen molar-refractivity contribution in [2.75, 3.05) is 13.2 Å². The predicted octanol–water partition coefficient (Wildman–Crippen LogP) is 3.31. The fraction of sp³-hybridized carbons (Fsp3) is 0.462. The van der Waals surface area contributed by atoms with Gasteiger partial charge in [0, 0.05) is 18.1 Å². The van der Waals surface area contributed by atoms with E-state index in [1.165, 1.54) is 12.1 Å². The van der Waals surface area contributed by atoms with E-state index in [4.69, 9.17) is 4.74 Å². The van der Waals surface area contributed by atoms with Gasteiger partial charge < -0.3 is 4.74 Å². The van der Waals surface area contributed by atoms with Crippen molar-refractivity contribution >= 4 is 5.78 Å². The van der Waals surface area contributed by atoms with Gasteiger partial charge in [0.1, 0.15) is 0 Å². The number of ketones is 1. The summed E-state index contributed by atoms with van der Waals surface area (Å²) >= 11 is 0. The molecule has 0 aromatic heterocycles. The number of alkyl halides is 3. The molecule has 1 unspecified atom stereocenters. The lowest BCUT2D eigenvalue weighted by molar-refractivity contribution is -0.137. The summed E-state index contributed by atoms with van der Waals surface area (Å²) < 4.78 is 42.3. The number of Topliss-reactive ketones (excluding diaryl/α,β-unsaturated/α-hetero) is 1. The van der Waals surface area contributed by atoms with E-state index in [0.29, 0.717) is 18.8 Å². The van der Waals surface area contributed by atoms with Gasteiger partial charge in [0.2, 0.25) is 0 Å². The number of hydrogen-bond acceptors (Lipinski definition) is 2. The first-order valence-corrected chi connectivity index (χ1v) is 5.77. The molecule has 2 nitrogen and oxygen atoms in total. The van der Waals surface area contributed by atoms with E-state index in [1.807, 2.05) is 0 Å². The number of benzene rings is 1. The van der Waals surface area contributed by atoms with Crippen molar-refractivity contribution in [2.45, 2.75) is 19.0 Å². The molecule has 0 bridgehead atoms. The summed E-state index contributed by atoms with van der Waals surface area (Å²) in [4.78, 5) is 12.0. The molecule has 0 spiro atoms. The standard InChI is InChI=1S/C13H13F3O2/c14-13(15,16)11-5-3-9(4-6-11)12(17)10-2-1-7-18-8-10/h3-6,10H,1-2,7-8H2. The lowest BCUT2D eigenvalue weighted by Crippen LogP contribution is -2.25. The molecule has 0 aliphatic carbocycles. The average Bonchev–Trinajstić information content (AvgIpc) is 2.38. The van der Waals surface area contributed by atoms with Crippen LogP contribution < -0.4 is 0 Å². The van der Waals surface area contributed by atoms with Gasteiger partial charge in [-0.2, -0.15) is 13.2 Å². The van der Waals surface area contributed by atoms with Gasteiger partial charge in [-0.15, -0.1) is 0 Å². The molecule has 0 saturated carbocycles. The first kappa shape index (κ1) is 13.1. The topological polar surface area (TPSA) is 26.3 Å². The Kier molecular flexibility index (Phi) is 3.71.